The molecule has 2 saturated heterocycles. The van der Waals surface area contributed by atoms with Gasteiger partial charge in [0.05, 0.1) is 38.6 Å². The van der Waals surface area contributed by atoms with Gasteiger partial charge in [0, 0.05) is 17.1 Å². The molecule has 0 aromatic carbocycles. The smallest absolute Gasteiger partial charge is 0.337 e. The van der Waals surface area contributed by atoms with Gasteiger partial charge in [-0.1, -0.05) is 17.7 Å². The van der Waals surface area contributed by atoms with E-state index in [-0.39, 0.29) is 29.7 Å². The highest BCUT2D eigenvalue weighted by atomic mass is 16.8. The molecule has 0 aromatic heterocycles. The first-order valence-corrected chi connectivity index (χ1v) is 16.2. The van der Waals surface area contributed by atoms with Gasteiger partial charge in [0.25, 0.3) is 0 Å². The van der Waals surface area contributed by atoms with Gasteiger partial charge in [-0.15, -0.1) is 0 Å². The van der Waals surface area contributed by atoms with E-state index in [0.29, 0.717) is 12.8 Å². The average Bonchev–Trinajstić information content (AvgIpc) is 3.11. The maximum Gasteiger partial charge on any atom is 0.337 e. The number of rotatable bonds is 14. The van der Waals surface area contributed by atoms with Crippen LogP contribution in [0.25, 0.3) is 0 Å². The van der Waals surface area contributed by atoms with E-state index in [1.54, 1.807) is 26.0 Å². The number of carbonyl (C=O) groups is 3. The Labute approximate surface area is 293 Å². The lowest BCUT2D eigenvalue weighted by Crippen LogP contribution is -2.60. The minimum absolute atomic E-state index is 0.0184. The predicted octanol–water partition coefficient (Wildman–Crippen LogP) is -2.27. The van der Waals surface area contributed by atoms with Gasteiger partial charge in [-0.3, -0.25) is 4.79 Å². The molecule has 3 aliphatic rings. The molecule has 18 nitrogen and oxygen atoms in total. The minimum atomic E-state index is -1.72. The van der Waals surface area contributed by atoms with E-state index >= 15 is 0 Å². The second-order valence-corrected chi connectivity index (χ2v) is 12.2. The molecule has 0 amide bonds. The van der Waals surface area contributed by atoms with Crippen molar-refractivity contribution in [2.45, 2.75) is 108 Å². The van der Waals surface area contributed by atoms with Crippen LogP contribution in [0.5, 0.6) is 0 Å². The Kier molecular flexibility index (Phi) is 16.1. The molecule has 3 rings (SSSR count). The number of hydrogen-bond acceptors (Lipinski definition) is 18. The SMILES string of the molecule is C/C=C1/[C@H](O[C@@H]2O[C@H](CO)[C@@H](O)[C@H](O)[C@H]2O)OC=C(C(=O)OC)[C@H]1CC(=O)OC/C=C(\C)CC/C=C(\C)C(=O)O[C@@H]1O[C@H](CO)[C@@H](O)[C@H](O)[C@H]1O. The second kappa shape index (κ2) is 19.5. The fourth-order valence-electron chi connectivity index (χ4n) is 5.49. The summed E-state index contributed by atoms with van der Waals surface area (Å²) in [6.07, 6.45) is -10.7. The highest BCUT2D eigenvalue weighted by molar-refractivity contribution is 5.90. The molecule has 2 fully saturated rings. The summed E-state index contributed by atoms with van der Waals surface area (Å²) in [6.45, 7) is 3.37. The molecule has 0 bridgehead atoms. The Morgan fingerprint density at radius 3 is 2.00 bits per heavy atom. The molecule has 0 unspecified atom stereocenters. The van der Waals surface area contributed by atoms with Gasteiger partial charge in [0.15, 0.2) is 6.29 Å². The van der Waals surface area contributed by atoms with Crippen molar-refractivity contribution in [2.24, 2.45) is 5.92 Å². The van der Waals surface area contributed by atoms with E-state index in [1.807, 2.05) is 0 Å². The molecular formula is C33H48O18. The zero-order valence-corrected chi connectivity index (χ0v) is 28.6. The van der Waals surface area contributed by atoms with Gasteiger partial charge < -0.3 is 74.0 Å². The van der Waals surface area contributed by atoms with E-state index < -0.39 is 105 Å². The summed E-state index contributed by atoms with van der Waals surface area (Å²) in [5.41, 5.74) is 1.23. The summed E-state index contributed by atoms with van der Waals surface area (Å²) in [5.74, 6) is -3.27. The zero-order valence-electron chi connectivity index (χ0n) is 28.6. The van der Waals surface area contributed by atoms with E-state index in [0.717, 1.165) is 18.9 Å². The van der Waals surface area contributed by atoms with Crippen LogP contribution in [0.2, 0.25) is 0 Å². The van der Waals surface area contributed by atoms with Crippen LogP contribution in [0.4, 0.5) is 0 Å². The van der Waals surface area contributed by atoms with Gasteiger partial charge in [-0.2, -0.15) is 0 Å². The largest absolute Gasteiger partial charge is 0.468 e. The lowest BCUT2D eigenvalue weighted by molar-refractivity contribution is -0.327. The van der Waals surface area contributed by atoms with E-state index in [4.69, 9.17) is 33.2 Å². The molecule has 0 aliphatic carbocycles. The summed E-state index contributed by atoms with van der Waals surface area (Å²) in [7, 11) is 1.15. The molecule has 8 N–H and O–H groups in total. The zero-order chi connectivity index (χ0) is 38.0. The van der Waals surface area contributed by atoms with Crippen molar-refractivity contribution in [1.29, 1.82) is 0 Å². The molecule has 0 radical (unpaired) electrons. The highest BCUT2D eigenvalue weighted by Crippen LogP contribution is 2.36. The number of esters is 3. The van der Waals surface area contributed by atoms with Crippen LogP contribution in [0.3, 0.4) is 0 Å². The normalized spacial score (nSPS) is 35.5. The monoisotopic (exact) mass is 732 g/mol. The number of allylic oxidation sites excluding steroid dienone is 3. The maximum atomic E-state index is 12.9. The first-order chi connectivity index (χ1) is 24.2. The summed E-state index contributed by atoms with van der Waals surface area (Å²) in [4.78, 5) is 38.0. The first-order valence-electron chi connectivity index (χ1n) is 16.2. The highest BCUT2D eigenvalue weighted by Gasteiger charge is 2.47. The fraction of sp³-hybridized carbons (Fsp3) is 0.667. The minimum Gasteiger partial charge on any atom is -0.468 e. The molecule has 18 heteroatoms. The maximum absolute atomic E-state index is 12.9. The van der Waals surface area contributed by atoms with Gasteiger partial charge in [0.2, 0.25) is 12.6 Å². The molecule has 0 spiro atoms. The summed E-state index contributed by atoms with van der Waals surface area (Å²) in [5, 5.41) is 79.2. The molecule has 12 atom stereocenters. The molecule has 0 saturated carbocycles. The van der Waals surface area contributed by atoms with E-state index in [9.17, 15) is 55.2 Å². The lowest BCUT2D eigenvalue weighted by atomic mass is 9.86. The van der Waals surface area contributed by atoms with Crippen LogP contribution in [0, 0.1) is 5.92 Å². The van der Waals surface area contributed by atoms with Gasteiger partial charge in [-0.25, -0.2) is 9.59 Å². The van der Waals surface area contributed by atoms with Crippen LogP contribution in [-0.2, 0) is 47.5 Å². The average molecular weight is 733 g/mol. The Balaban J connectivity index is 1.55. The van der Waals surface area contributed by atoms with Crippen molar-refractivity contribution in [2.75, 3.05) is 26.9 Å². The number of aliphatic hydroxyl groups is 8. The molecule has 0 aromatic rings. The van der Waals surface area contributed by atoms with E-state index in [2.05, 4.69) is 0 Å². The second-order valence-electron chi connectivity index (χ2n) is 12.2. The molecule has 3 aliphatic heterocycles. The summed E-state index contributed by atoms with van der Waals surface area (Å²) < 4.78 is 37.2. The third-order valence-corrected chi connectivity index (χ3v) is 8.66. The third-order valence-electron chi connectivity index (χ3n) is 8.66. The number of aliphatic hydroxyl groups excluding tert-OH is 8. The first kappa shape index (κ1) is 42.1. The third kappa shape index (κ3) is 10.6. The van der Waals surface area contributed by atoms with Gasteiger partial charge >= 0.3 is 17.9 Å². The van der Waals surface area contributed by atoms with Crippen molar-refractivity contribution < 1.29 is 88.4 Å². The lowest BCUT2D eigenvalue weighted by Gasteiger charge is -2.41. The quantitative estimate of drug-likeness (QED) is 0.0404. The van der Waals surface area contributed by atoms with Crippen molar-refractivity contribution in [3.05, 3.63) is 46.8 Å². The Morgan fingerprint density at radius 2 is 1.43 bits per heavy atom. The fourth-order valence-corrected chi connectivity index (χ4v) is 5.49. The van der Waals surface area contributed by atoms with Crippen molar-refractivity contribution in [3.63, 3.8) is 0 Å². The number of hydrogen-bond donors (Lipinski definition) is 8. The van der Waals surface area contributed by atoms with Crippen LogP contribution in [0.1, 0.15) is 40.0 Å². The number of methoxy groups -OCH3 is 1. The van der Waals surface area contributed by atoms with Crippen molar-refractivity contribution in [3.8, 4) is 0 Å². The molecule has 3 heterocycles. The Bertz CT molecular complexity index is 1320. The standard InChI is InChI=1S/C33H48O18/c1-5-17-18(19(30(44)45-4)14-47-31(17)51-33-28(42)26(40)24(38)21(13-35)49-33)11-22(36)46-10-9-15(2)7-6-8-16(3)29(43)50-32-27(41)25(39)23(37)20(12-34)48-32/h5,8-9,14,18,20-21,23-28,31-35,37-42H,6-7,10-13H2,1-4H3/b15-9+,16-8+,17-5+/t18-,20+,21+,23+,24+,25-,26-,27+,28+,31-,32-,33-/m0/s1. The van der Waals surface area contributed by atoms with Gasteiger partial charge in [-0.05, 0) is 39.7 Å². The molecule has 288 valence electrons. The van der Waals surface area contributed by atoms with Crippen LogP contribution in [-0.4, -0.2) is 153 Å². The van der Waals surface area contributed by atoms with Crippen molar-refractivity contribution in [1.82, 2.24) is 0 Å². The van der Waals surface area contributed by atoms with Gasteiger partial charge in [0.1, 0.15) is 55.4 Å². The van der Waals surface area contributed by atoms with Crippen molar-refractivity contribution >= 4 is 17.9 Å². The summed E-state index contributed by atoms with van der Waals surface area (Å²) >= 11 is 0. The molecular weight excluding hydrogens is 684 g/mol. The van der Waals surface area contributed by atoms with E-state index in [1.165, 1.54) is 13.0 Å². The predicted molar refractivity (Wildman–Crippen MR) is 169 cm³/mol. The van der Waals surface area contributed by atoms with Crippen LogP contribution >= 0.6 is 0 Å². The van der Waals surface area contributed by atoms with Crippen LogP contribution in [0.15, 0.2) is 46.8 Å². The topological polar surface area (TPSA) is 278 Å². The number of ether oxygens (including phenoxy) is 7. The Morgan fingerprint density at radius 1 is 0.843 bits per heavy atom. The number of carbonyl (C=O) groups excluding carboxylic acids is 3. The summed E-state index contributed by atoms with van der Waals surface area (Å²) in [6, 6.07) is 0. The molecule has 51 heavy (non-hydrogen) atoms. The van der Waals surface area contributed by atoms with Crippen LogP contribution < -0.4 is 0 Å². The Hall–Kier alpha value is -3.27.